The lowest BCUT2D eigenvalue weighted by Crippen LogP contribution is -2.46. The van der Waals surface area contributed by atoms with Crippen LogP contribution >= 0.6 is 0 Å². The molecule has 2 aromatic rings. The highest BCUT2D eigenvalue weighted by molar-refractivity contribution is 5.91. The van der Waals surface area contributed by atoms with E-state index in [-0.39, 0.29) is 17.7 Å². The third-order valence-electron chi connectivity index (χ3n) is 4.66. The number of carbonyl (C=O) groups is 1. The fourth-order valence-electron chi connectivity index (χ4n) is 3.21. The van der Waals surface area contributed by atoms with Gasteiger partial charge in [-0.2, -0.15) is 0 Å². The first-order valence-corrected chi connectivity index (χ1v) is 9.16. The smallest absolute Gasteiger partial charge is 0.270 e. The zero-order chi connectivity index (χ0) is 20.1. The van der Waals surface area contributed by atoms with Crippen molar-refractivity contribution in [3.8, 4) is 5.75 Å². The first-order chi connectivity index (χ1) is 13.5. The summed E-state index contributed by atoms with van der Waals surface area (Å²) in [7, 11) is 1.72. The number of ether oxygens (including phenoxy) is 1. The van der Waals surface area contributed by atoms with Crippen molar-refractivity contribution >= 4 is 23.4 Å². The van der Waals surface area contributed by atoms with Gasteiger partial charge in [0.25, 0.3) is 5.69 Å². The fraction of sp³-hybridized carbons (Fsp3) is 0.286. The Balaban J connectivity index is 1.63. The number of nitro groups is 1. The zero-order valence-electron chi connectivity index (χ0n) is 15.9. The SMILES string of the molecule is CCN1C[C@H](CN(C)C(=O)/C=C/c2cccc([N+](=O)[O-])c2)Oc2ccccc21. The molecule has 0 radical (unpaired) electrons. The highest BCUT2D eigenvalue weighted by Crippen LogP contribution is 2.32. The highest BCUT2D eigenvalue weighted by atomic mass is 16.6. The summed E-state index contributed by atoms with van der Waals surface area (Å²) in [6.45, 7) is 4.11. The third-order valence-corrected chi connectivity index (χ3v) is 4.66. The molecule has 0 saturated heterocycles. The summed E-state index contributed by atoms with van der Waals surface area (Å²) in [6.07, 6.45) is 2.88. The van der Waals surface area contributed by atoms with E-state index in [2.05, 4.69) is 11.8 Å². The average Bonchev–Trinajstić information content (AvgIpc) is 2.71. The van der Waals surface area contributed by atoms with E-state index in [0.29, 0.717) is 18.7 Å². The largest absolute Gasteiger partial charge is 0.485 e. The van der Waals surface area contributed by atoms with Gasteiger partial charge in [-0.3, -0.25) is 14.9 Å². The first kappa shape index (κ1) is 19.4. The molecule has 1 aliphatic heterocycles. The second kappa shape index (κ2) is 8.56. The van der Waals surface area contributed by atoms with E-state index in [1.165, 1.54) is 18.2 Å². The van der Waals surface area contributed by atoms with Crippen molar-refractivity contribution < 1.29 is 14.5 Å². The second-order valence-electron chi connectivity index (χ2n) is 6.65. The number of nitrogens with zero attached hydrogens (tertiary/aromatic N) is 3. The van der Waals surface area contributed by atoms with Crippen LogP contribution in [-0.2, 0) is 4.79 Å². The van der Waals surface area contributed by atoms with E-state index in [0.717, 1.165) is 18.0 Å². The molecule has 28 heavy (non-hydrogen) atoms. The molecule has 2 aromatic carbocycles. The standard InChI is InChI=1S/C21H23N3O4/c1-3-23-15-18(28-20-10-5-4-9-19(20)23)14-22(2)21(25)12-11-16-7-6-8-17(13-16)24(26)27/h4-13,18H,3,14-15H2,1-2H3/b12-11+/t18-/m0/s1. The molecule has 1 heterocycles. The van der Waals surface area contributed by atoms with Crippen molar-refractivity contribution in [1.82, 2.24) is 4.90 Å². The fourth-order valence-corrected chi connectivity index (χ4v) is 3.21. The average molecular weight is 381 g/mol. The minimum absolute atomic E-state index is 0.00289. The van der Waals surface area contributed by atoms with Crippen LogP contribution in [0.3, 0.4) is 0 Å². The number of rotatable bonds is 6. The normalized spacial score (nSPS) is 15.8. The van der Waals surface area contributed by atoms with Crippen LogP contribution in [0.15, 0.2) is 54.6 Å². The van der Waals surface area contributed by atoms with Crippen LogP contribution in [0.5, 0.6) is 5.75 Å². The van der Waals surface area contributed by atoms with Gasteiger partial charge in [0, 0.05) is 31.8 Å². The van der Waals surface area contributed by atoms with Crippen LogP contribution in [0.25, 0.3) is 6.08 Å². The number of para-hydroxylation sites is 2. The van der Waals surface area contributed by atoms with E-state index in [1.54, 1.807) is 30.2 Å². The number of nitro benzene ring substituents is 1. The summed E-state index contributed by atoms with van der Waals surface area (Å²) in [4.78, 5) is 26.7. The summed E-state index contributed by atoms with van der Waals surface area (Å²) < 4.78 is 6.06. The molecule has 0 bridgehead atoms. The Morgan fingerprint density at radius 2 is 2.11 bits per heavy atom. The second-order valence-corrected chi connectivity index (χ2v) is 6.65. The molecule has 0 spiro atoms. The molecule has 0 saturated carbocycles. The van der Waals surface area contributed by atoms with Gasteiger partial charge in [0.05, 0.1) is 23.7 Å². The predicted octanol–water partition coefficient (Wildman–Crippen LogP) is 3.35. The Hall–Kier alpha value is -3.35. The number of non-ortho nitro benzene ring substituents is 1. The lowest BCUT2D eigenvalue weighted by molar-refractivity contribution is -0.384. The molecule has 1 atom stereocenters. The van der Waals surface area contributed by atoms with Gasteiger partial charge >= 0.3 is 0 Å². The molecule has 3 rings (SSSR count). The predicted molar refractivity (Wildman–Crippen MR) is 109 cm³/mol. The minimum Gasteiger partial charge on any atom is -0.485 e. The van der Waals surface area contributed by atoms with E-state index in [1.807, 2.05) is 24.3 Å². The van der Waals surface area contributed by atoms with E-state index < -0.39 is 4.92 Å². The van der Waals surface area contributed by atoms with E-state index >= 15 is 0 Å². The van der Waals surface area contributed by atoms with Crippen molar-refractivity contribution in [2.75, 3.05) is 31.6 Å². The topological polar surface area (TPSA) is 75.9 Å². The number of benzene rings is 2. The van der Waals surface area contributed by atoms with Crippen molar-refractivity contribution in [2.24, 2.45) is 0 Å². The maximum atomic E-state index is 12.4. The molecular formula is C21H23N3O4. The van der Waals surface area contributed by atoms with Crippen LogP contribution in [0.2, 0.25) is 0 Å². The van der Waals surface area contributed by atoms with Gasteiger partial charge in [0.2, 0.25) is 5.91 Å². The molecule has 0 aliphatic carbocycles. The number of carbonyl (C=O) groups excluding carboxylic acids is 1. The first-order valence-electron chi connectivity index (χ1n) is 9.16. The van der Waals surface area contributed by atoms with Crippen LogP contribution in [0, 0.1) is 10.1 Å². The van der Waals surface area contributed by atoms with Gasteiger partial charge < -0.3 is 14.5 Å². The summed E-state index contributed by atoms with van der Waals surface area (Å²) in [6, 6.07) is 14.1. The maximum Gasteiger partial charge on any atom is 0.270 e. The Morgan fingerprint density at radius 3 is 2.86 bits per heavy atom. The van der Waals surface area contributed by atoms with Crippen molar-refractivity contribution in [3.05, 3.63) is 70.3 Å². The number of anilines is 1. The minimum atomic E-state index is -0.455. The van der Waals surface area contributed by atoms with Gasteiger partial charge in [-0.1, -0.05) is 24.3 Å². The number of fused-ring (bicyclic) bond motifs is 1. The Bertz CT molecular complexity index is 897. The van der Waals surface area contributed by atoms with Crippen LogP contribution < -0.4 is 9.64 Å². The monoisotopic (exact) mass is 381 g/mol. The van der Waals surface area contributed by atoms with Gasteiger partial charge in [0.1, 0.15) is 11.9 Å². The molecule has 7 heteroatoms. The van der Waals surface area contributed by atoms with Crippen molar-refractivity contribution in [3.63, 3.8) is 0 Å². The Labute approximate surface area is 164 Å². The number of hydrogen-bond donors (Lipinski definition) is 0. The van der Waals surface area contributed by atoms with E-state index in [9.17, 15) is 14.9 Å². The number of likely N-dealkylation sites (N-methyl/N-ethyl adjacent to an activating group) is 2. The molecule has 0 unspecified atom stereocenters. The number of hydrogen-bond acceptors (Lipinski definition) is 5. The van der Waals surface area contributed by atoms with Gasteiger partial charge in [-0.05, 0) is 30.7 Å². The zero-order valence-corrected chi connectivity index (χ0v) is 15.9. The lowest BCUT2D eigenvalue weighted by atomic mass is 10.1. The molecule has 1 aliphatic rings. The quantitative estimate of drug-likeness (QED) is 0.436. The van der Waals surface area contributed by atoms with Gasteiger partial charge in [0.15, 0.2) is 0 Å². The summed E-state index contributed by atoms with van der Waals surface area (Å²) in [5.74, 6) is 0.644. The molecule has 0 fully saturated rings. The van der Waals surface area contributed by atoms with Crippen LogP contribution in [0.1, 0.15) is 12.5 Å². The van der Waals surface area contributed by atoms with Gasteiger partial charge in [-0.15, -0.1) is 0 Å². The molecule has 146 valence electrons. The molecule has 1 amide bonds. The van der Waals surface area contributed by atoms with Crippen molar-refractivity contribution in [1.29, 1.82) is 0 Å². The Morgan fingerprint density at radius 1 is 1.32 bits per heavy atom. The van der Waals surface area contributed by atoms with Crippen molar-refractivity contribution in [2.45, 2.75) is 13.0 Å². The molecule has 7 nitrogen and oxygen atoms in total. The molecular weight excluding hydrogens is 358 g/mol. The summed E-state index contributed by atoms with van der Waals surface area (Å²) >= 11 is 0. The highest BCUT2D eigenvalue weighted by Gasteiger charge is 2.26. The van der Waals surface area contributed by atoms with Crippen LogP contribution in [-0.4, -0.2) is 48.5 Å². The number of amides is 1. The molecule has 0 aromatic heterocycles. The maximum absolute atomic E-state index is 12.4. The molecule has 0 N–H and O–H groups in total. The summed E-state index contributed by atoms with van der Waals surface area (Å²) in [5, 5.41) is 10.8. The third kappa shape index (κ3) is 4.49. The lowest BCUT2D eigenvalue weighted by Gasteiger charge is -2.37. The van der Waals surface area contributed by atoms with E-state index in [4.69, 9.17) is 4.74 Å². The summed E-state index contributed by atoms with van der Waals surface area (Å²) in [5.41, 5.74) is 1.67. The Kier molecular flexibility index (Phi) is 5.93. The van der Waals surface area contributed by atoms with Crippen LogP contribution in [0.4, 0.5) is 11.4 Å². The van der Waals surface area contributed by atoms with Gasteiger partial charge in [-0.25, -0.2) is 0 Å².